The standard InChI is InChI=1S/C11H10BrNO3/c1-6(14)13-5-9(11(15)16)8-4-7(12)2-3-10(8)13/h2-4,9H,5H2,1H3,(H,15,16). The van der Waals surface area contributed by atoms with Gasteiger partial charge in [-0.25, -0.2) is 0 Å². The molecule has 16 heavy (non-hydrogen) atoms. The maximum absolute atomic E-state index is 11.4. The SMILES string of the molecule is CC(=O)N1CC(C(=O)O)c2cc(Br)ccc21. The molecule has 1 aliphatic heterocycles. The van der Waals surface area contributed by atoms with Crippen molar-refractivity contribution in [1.82, 2.24) is 0 Å². The van der Waals surface area contributed by atoms with Crippen LogP contribution in [0.15, 0.2) is 22.7 Å². The van der Waals surface area contributed by atoms with Crippen LogP contribution in [0, 0.1) is 0 Å². The Morgan fingerprint density at radius 1 is 1.50 bits per heavy atom. The minimum atomic E-state index is -0.900. The van der Waals surface area contributed by atoms with Gasteiger partial charge in [-0.05, 0) is 23.8 Å². The molecular weight excluding hydrogens is 274 g/mol. The number of benzene rings is 1. The van der Waals surface area contributed by atoms with Crippen LogP contribution >= 0.6 is 15.9 Å². The highest BCUT2D eigenvalue weighted by Gasteiger charge is 2.35. The predicted molar refractivity (Wildman–Crippen MR) is 62.5 cm³/mol. The molecule has 1 aromatic rings. The van der Waals surface area contributed by atoms with Gasteiger partial charge in [0.1, 0.15) is 5.92 Å². The van der Waals surface area contributed by atoms with Crippen LogP contribution in [0.1, 0.15) is 18.4 Å². The number of carbonyl (C=O) groups excluding carboxylic acids is 1. The Balaban J connectivity index is 2.52. The molecule has 1 amide bonds. The first kappa shape index (κ1) is 11.1. The number of hydrogen-bond acceptors (Lipinski definition) is 2. The number of carboxylic acid groups (broad SMARTS) is 1. The monoisotopic (exact) mass is 283 g/mol. The van der Waals surface area contributed by atoms with Gasteiger partial charge in [0.2, 0.25) is 5.91 Å². The van der Waals surface area contributed by atoms with Crippen LogP contribution in [-0.4, -0.2) is 23.5 Å². The lowest BCUT2D eigenvalue weighted by Gasteiger charge is -2.14. The van der Waals surface area contributed by atoms with Crippen LogP contribution in [0.3, 0.4) is 0 Å². The Morgan fingerprint density at radius 2 is 2.19 bits per heavy atom. The maximum Gasteiger partial charge on any atom is 0.312 e. The van der Waals surface area contributed by atoms with Crippen LogP contribution in [-0.2, 0) is 9.59 Å². The van der Waals surface area contributed by atoms with Crippen LogP contribution in [0.5, 0.6) is 0 Å². The normalized spacial score (nSPS) is 18.4. The maximum atomic E-state index is 11.4. The summed E-state index contributed by atoms with van der Waals surface area (Å²) in [7, 11) is 0. The van der Waals surface area contributed by atoms with E-state index in [4.69, 9.17) is 5.11 Å². The number of hydrogen-bond donors (Lipinski definition) is 1. The Kier molecular flexibility index (Phi) is 2.71. The summed E-state index contributed by atoms with van der Waals surface area (Å²) >= 11 is 3.30. The number of anilines is 1. The van der Waals surface area contributed by atoms with Gasteiger partial charge in [-0.3, -0.25) is 9.59 Å². The molecule has 0 saturated heterocycles. The van der Waals surface area contributed by atoms with Gasteiger partial charge < -0.3 is 10.0 Å². The molecule has 0 radical (unpaired) electrons. The summed E-state index contributed by atoms with van der Waals surface area (Å²) in [4.78, 5) is 24.0. The first-order chi connectivity index (χ1) is 7.50. The van der Waals surface area contributed by atoms with Gasteiger partial charge in [0.25, 0.3) is 0 Å². The van der Waals surface area contributed by atoms with Crippen molar-refractivity contribution in [2.75, 3.05) is 11.4 Å². The third-order valence-corrected chi connectivity index (χ3v) is 3.19. The summed E-state index contributed by atoms with van der Waals surface area (Å²) < 4.78 is 0.822. The second-order valence-corrected chi connectivity index (χ2v) is 4.64. The lowest BCUT2D eigenvalue weighted by atomic mass is 10.0. The lowest BCUT2D eigenvalue weighted by Crippen LogP contribution is -2.28. The Morgan fingerprint density at radius 3 is 2.75 bits per heavy atom. The zero-order valence-electron chi connectivity index (χ0n) is 8.61. The first-order valence-corrected chi connectivity index (χ1v) is 5.60. The average molecular weight is 284 g/mol. The molecule has 1 aromatic carbocycles. The zero-order chi connectivity index (χ0) is 11.9. The third-order valence-electron chi connectivity index (χ3n) is 2.70. The second-order valence-electron chi connectivity index (χ2n) is 3.72. The van der Waals surface area contributed by atoms with E-state index in [2.05, 4.69) is 15.9 Å². The highest BCUT2D eigenvalue weighted by Crippen LogP contribution is 2.38. The van der Waals surface area contributed by atoms with Crippen molar-refractivity contribution in [2.45, 2.75) is 12.8 Å². The van der Waals surface area contributed by atoms with E-state index in [1.165, 1.54) is 11.8 Å². The van der Waals surface area contributed by atoms with E-state index in [-0.39, 0.29) is 12.5 Å². The van der Waals surface area contributed by atoms with Gasteiger partial charge in [-0.15, -0.1) is 0 Å². The van der Waals surface area contributed by atoms with Gasteiger partial charge >= 0.3 is 5.97 Å². The molecule has 1 heterocycles. The molecule has 1 aliphatic rings. The van der Waals surface area contributed by atoms with Crippen molar-refractivity contribution in [1.29, 1.82) is 0 Å². The molecule has 1 unspecified atom stereocenters. The second kappa shape index (κ2) is 3.90. The molecule has 0 bridgehead atoms. The summed E-state index contributed by atoms with van der Waals surface area (Å²) in [6.07, 6.45) is 0. The van der Waals surface area contributed by atoms with E-state index in [9.17, 15) is 9.59 Å². The third kappa shape index (κ3) is 1.71. The van der Waals surface area contributed by atoms with Crippen molar-refractivity contribution >= 4 is 33.5 Å². The topological polar surface area (TPSA) is 57.6 Å². The molecule has 4 nitrogen and oxygen atoms in total. The molecule has 0 aliphatic carbocycles. The number of rotatable bonds is 1. The number of halogens is 1. The molecule has 0 saturated carbocycles. The first-order valence-electron chi connectivity index (χ1n) is 4.81. The van der Waals surface area contributed by atoms with Gasteiger partial charge in [0.05, 0.1) is 0 Å². The van der Waals surface area contributed by atoms with E-state index in [1.807, 2.05) is 0 Å². The van der Waals surface area contributed by atoms with Crippen LogP contribution < -0.4 is 4.90 Å². The zero-order valence-corrected chi connectivity index (χ0v) is 10.2. The van der Waals surface area contributed by atoms with E-state index < -0.39 is 11.9 Å². The number of carbonyl (C=O) groups is 2. The predicted octanol–water partition coefficient (Wildman–Crippen LogP) is 1.98. The number of fused-ring (bicyclic) bond motifs is 1. The Labute approximate surface area is 101 Å². The smallest absolute Gasteiger partial charge is 0.312 e. The molecule has 0 fully saturated rings. The molecule has 2 rings (SSSR count). The molecular formula is C11H10BrNO3. The molecule has 1 N–H and O–H groups in total. The fourth-order valence-electron chi connectivity index (χ4n) is 1.94. The molecule has 1 atom stereocenters. The van der Waals surface area contributed by atoms with Crippen molar-refractivity contribution in [2.24, 2.45) is 0 Å². The fourth-order valence-corrected chi connectivity index (χ4v) is 2.32. The summed E-state index contributed by atoms with van der Waals surface area (Å²) in [6, 6.07) is 5.33. The van der Waals surface area contributed by atoms with Crippen LogP contribution in [0.2, 0.25) is 0 Å². The van der Waals surface area contributed by atoms with Crippen molar-refractivity contribution in [3.8, 4) is 0 Å². The van der Waals surface area contributed by atoms with E-state index in [0.29, 0.717) is 11.3 Å². The highest BCUT2D eigenvalue weighted by molar-refractivity contribution is 9.10. The summed E-state index contributed by atoms with van der Waals surface area (Å²) in [6.45, 7) is 1.66. The van der Waals surface area contributed by atoms with Crippen molar-refractivity contribution in [3.05, 3.63) is 28.2 Å². The van der Waals surface area contributed by atoms with E-state index in [0.717, 1.165) is 4.47 Å². The molecule has 84 valence electrons. The van der Waals surface area contributed by atoms with Gasteiger partial charge in [0, 0.05) is 23.6 Å². The number of aliphatic carboxylic acids is 1. The fraction of sp³-hybridized carbons (Fsp3) is 0.273. The van der Waals surface area contributed by atoms with Crippen molar-refractivity contribution in [3.63, 3.8) is 0 Å². The largest absolute Gasteiger partial charge is 0.481 e. The van der Waals surface area contributed by atoms with Crippen molar-refractivity contribution < 1.29 is 14.7 Å². The number of amides is 1. The Bertz CT molecular complexity index is 472. The van der Waals surface area contributed by atoms with Gasteiger partial charge in [-0.1, -0.05) is 15.9 Å². The van der Waals surface area contributed by atoms with E-state index >= 15 is 0 Å². The van der Waals surface area contributed by atoms with Gasteiger partial charge in [-0.2, -0.15) is 0 Å². The summed E-state index contributed by atoms with van der Waals surface area (Å²) in [5.41, 5.74) is 1.39. The minimum Gasteiger partial charge on any atom is -0.481 e. The number of carboxylic acids is 1. The highest BCUT2D eigenvalue weighted by atomic mass is 79.9. The van der Waals surface area contributed by atoms with Crippen LogP contribution in [0.4, 0.5) is 5.69 Å². The summed E-state index contributed by atoms with van der Waals surface area (Å²) in [5.74, 6) is -1.66. The molecule has 0 spiro atoms. The molecule has 0 aromatic heterocycles. The Hall–Kier alpha value is -1.36. The quantitative estimate of drug-likeness (QED) is 0.858. The average Bonchev–Trinajstić information content (AvgIpc) is 2.56. The van der Waals surface area contributed by atoms with Gasteiger partial charge in [0.15, 0.2) is 0 Å². The summed E-state index contributed by atoms with van der Waals surface area (Å²) in [5, 5.41) is 9.10. The van der Waals surface area contributed by atoms with Crippen LogP contribution in [0.25, 0.3) is 0 Å². The number of nitrogens with zero attached hydrogens (tertiary/aromatic N) is 1. The lowest BCUT2D eigenvalue weighted by molar-refractivity contribution is -0.138. The van der Waals surface area contributed by atoms with E-state index in [1.54, 1.807) is 18.2 Å². The molecule has 5 heteroatoms. The minimum absolute atomic E-state index is 0.132.